The number of anilines is 1. The normalized spacial score (nSPS) is 17.3. The molecule has 43 heavy (non-hydrogen) atoms. The lowest BCUT2D eigenvalue weighted by Crippen LogP contribution is -2.54. The molecule has 0 aromatic heterocycles. The maximum Gasteiger partial charge on any atom is 0.408 e. The van der Waals surface area contributed by atoms with Crippen LogP contribution in [-0.4, -0.2) is 50.7 Å². The van der Waals surface area contributed by atoms with E-state index in [1.54, 1.807) is 49.9 Å². The Kier molecular flexibility index (Phi) is 9.33. The predicted octanol–water partition coefficient (Wildman–Crippen LogP) is 5.77. The lowest BCUT2D eigenvalue weighted by molar-refractivity contribution is -0.141. The number of phenols is 2. The van der Waals surface area contributed by atoms with E-state index in [1.165, 1.54) is 24.3 Å². The lowest BCUT2D eigenvalue weighted by atomic mass is 9.99. The summed E-state index contributed by atoms with van der Waals surface area (Å²) >= 11 is 0. The Labute approximate surface area is 252 Å². The van der Waals surface area contributed by atoms with Crippen molar-refractivity contribution in [1.82, 2.24) is 10.2 Å². The largest absolute Gasteiger partial charge is 0.508 e. The summed E-state index contributed by atoms with van der Waals surface area (Å²) in [5.74, 6) is -0.736. The van der Waals surface area contributed by atoms with Crippen LogP contribution in [0.25, 0.3) is 0 Å². The molecule has 0 bridgehead atoms. The third kappa shape index (κ3) is 8.06. The van der Waals surface area contributed by atoms with Crippen molar-refractivity contribution in [3.05, 3.63) is 89.0 Å². The molecule has 3 aromatic carbocycles. The fourth-order valence-corrected chi connectivity index (χ4v) is 5.21. The van der Waals surface area contributed by atoms with Gasteiger partial charge in [-0.1, -0.05) is 49.4 Å². The molecular weight excluding hydrogens is 546 g/mol. The molecule has 228 valence electrons. The number of ether oxygens (including phenoxy) is 1. The number of rotatable bonds is 9. The fraction of sp³-hybridized carbons (Fsp3) is 0.382. The third-order valence-corrected chi connectivity index (χ3v) is 7.49. The lowest BCUT2D eigenvalue weighted by Gasteiger charge is -2.35. The smallest absolute Gasteiger partial charge is 0.408 e. The van der Waals surface area contributed by atoms with Crippen LogP contribution >= 0.6 is 0 Å². The molecule has 1 fully saturated rings. The fourth-order valence-electron chi connectivity index (χ4n) is 5.21. The van der Waals surface area contributed by atoms with Crippen LogP contribution in [0, 0.1) is 19.8 Å². The van der Waals surface area contributed by atoms with Gasteiger partial charge in [-0.3, -0.25) is 9.59 Å². The Bertz CT molecular complexity index is 1460. The van der Waals surface area contributed by atoms with Crippen LogP contribution < -0.4 is 10.6 Å². The molecule has 1 aliphatic carbocycles. The van der Waals surface area contributed by atoms with Gasteiger partial charge in [0, 0.05) is 18.2 Å². The van der Waals surface area contributed by atoms with Gasteiger partial charge in [0.2, 0.25) is 5.91 Å². The number of nitrogens with zero attached hydrogens (tertiary/aromatic N) is 1. The topological polar surface area (TPSA) is 128 Å². The molecule has 0 saturated heterocycles. The number of amides is 3. The molecule has 3 amide bonds. The molecule has 0 spiro atoms. The summed E-state index contributed by atoms with van der Waals surface area (Å²) in [4.78, 5) is 43.3. The van der Waals surface area contributed by atoms with Gasteiger partial charge in [0.05, 0.1) is 0 Å². The van der Waals surface area contributed by atoms with Gasteiger partial charge in [-0.25, -0.2) is 4.79 Å². The number of carbonyl (C=O) groups excluding carboxylic acids is 3. The zero-order valence-corrected chi connectivity index (χ0v) is 25.5. The zero-order chi connectivity index (χ0) is 31.5. The van der Waals surface area contributed by atoms with Crippen molar-refractivity contribution in [3.8, 4) is 11.5 Å². The molecule has 3 aromatic rings. The van der Waals surface area contributed by atoms with Gasteiger partial charge in [0.25, 0.3) is 5.91 Å². The number of hydrogen-bond donors (Lipinski definition) is 4. The Hall–Kier alpha value is -4.53. The van der Waals surface area contributed by atoms with E-state index >= 15 is 0 Å². The third-order valence-electron chi connectivity index (χ3n) is 7.49. The van der Waals surface area contributed by atoms with E-state index in [0.29, 0.717) is 23.2 Å². The summed E-state index contributed by atoms with van der Waals surface area (Å²) < 4.78 is 5.49. The first-order chi connectivity index (χ1) is 20.2. The van der Waals surface area contributed by atoms with Crippen molar-refractivity contribution in [2.75, 3.05) is 5.32 Å². The van der Waals surface area contributed by atoms with Crippen molar-refractivity contribution < 1.29 is 29.3 Å². The quantitative estimate of drug-likeness (QED) is 0.252. The minimum Gasteiger partial charge on any atom is -0.508 e. The number of benzene rings is 3. The Balaban J connectivity index is 1.77. The summed E-state index contributed by atoms with van der Waals surface area (Å²) in [6, 6.07) is 16.0. The second-order valence-corrected chi connectivity index (χ2v) is 12.3. The first-order valence-electron chi connectivity index (χ1n) is 14.5. The number of hydrogen-bond acceptors (Lipinski definition) is 6. The molecule has 9 heteroatoms. The van der Waals surface area contributed by atoms with Crippen molar-refractivity contribution in [3.63, 3.8) is 0 Å². The molecule has 4 atom stereocenters. The van der Waals surface area contributed by atoms with Gasteiger partial charge in [0.1, 0.15) is 29.2 Å². The van der Waals surface area contributed by atoms with Crippen LogP contribution in [0.3, 0.4) is 0 Å². The second-order valence-electron chi connectivity index (χ2n) is 12.3. The first-order valence-corrected chi connectivity index (χ1v) is 14.5. The average Bonchev–Trinajstić information content (AvgIpc) is 3.64. The molecule has 0 heterocycles. The molecule has 4 rings (SSSR count). The highest BCUT2D eigenvalue weighted by Gasteiger charge is 2.48. The van der Waals surface area contributed by atoms with Crippen LogP contribution in [0.5, 0.6) is 11.5 Å². The molecule has 4 unspecified atom stereocenters. The number of para-hydroxylation sites is 1. The first kappa shape index (κ1) is 31.4. The average molecular weight is 588 g/mol. The van der Waals surface area contributed by atoms with E-state index in [-0.39, 0.29) is 29.9 Å². The van der Waals surface area contributed by atoms with Crippen LogP contribution in [0.4, 0.5) is 10.5 Å². The van der Waals surface area contributed by atoms with E-state index in [9.17, 15) is 24.6 Å². The molecular formula is C34H41N3O6. The highest BCUT2D eigenvalue weighted by atomic mass is 16.6. The summed E-state index contributed by atoms with van der Waals surface area (Å²) in [7, 11) is 0. The van der Waals surface area contributed by atoms with Gasteiger partial charge in [-0.15, -0.1) is 0 Å². The van der Waals surface area contributed by atoms with Crippen LogP contribution in [-0.2, 0) is 20.7 Å². The van der Waals surface area contributed by atoms with Gasteiger partial charge in [-0.2, -0.15) is 0 Å². The molecule has 0 radical (unpaired) electrons. The summed E-state index contributed by atoms with van der Waals surface area (Å²) in [6.07, 6.45) is 0.0134. The minimum absolute atomic E-state index is 0.0360. The Morgan fingerprint density at radius 2 is 1.56 bits per heavy atom. The number of carbonyl (C=O) groups is 3. The van der Waals surface area contributed by atoms with E-state index in [4.69, 9.17) is 4.74 Å². The van der Waals surface area contributed by atoms with E-state index in [2.05, 4.69) is 10.6 Å². The summed E-state index contributed by atoms with van der Waals surface area (Å²) in [5.41, 5.74) is 2.74. The summed E-state index contributed by atoms with van der Waals surface area (Å²) in [6.45, 7) is 11.0. The van der Waals surface area contributed by atoms with Crippen molar-refractivity contribution in [2.45, 2.75) is 78.1 Å². The number of aromatic hydroxyl groups is 2. The number of nitrogens with one attached hydrogen (secondary N) is 2. The number of alkyl carbamates (subject to hydrolysis) is 1. The highest BCUT2D eigenvalue weighted by molar-refractivity contribution is 6.00. The predicted molar refractivity (Wildman–Crippen MR) is 165 cm³/mol. The van der Waals surface area contributed by atoms with Crippen LogP contribution in [0.15, 0.2) is 66.7 Å². The van der Waals surface area contributed by atoms with Gasteiger partial charge in [0.15, 0.2) is 0 Å². The molecule has 9 nitrogen and oxygen atoms in total. The van der Waals surface area contributed by atoms with E-state index < -0.39 is 35.6 Å². The van der Waals surface area contributed by atoms with Crippen LogP contribution in [0.2, 0.25) is 0 Å². The Morgan fingerprint density at radius 1 is 0.953 bits per heavy atom. The number of phenolic OH excluding ortho intramolecular Hbond substituents is 2. The molecule has 1 saturated carbocycles. The maximum atomic E-state index is 14.6. The number of aryl methyl sites for hydroxylation is 2. The van der Waals surface area contributed by atoms with E-state index in [0.717, 1.165) is 11.1 Å². The maximum absolute atomic E-state index is 14.6. The SMILES string of the molecule is Cc1cccc(C)c1NC(=O)C(c1cccc(O)c1)N(C(=O)C(Cc1ccc(O)cc1)NC(=O)OC(C)(C)C)C1CC1C. The monoisotopic (exact) mass is 587 g/mol. The summed E-state index contributed by atoms with van der Waals surface area (Å²) in [5, 5.41) is 25.9. The van der Waals surface area contributed by atoms with Gasteiger partial charge >= 0.3 is 6.09 Å². The highest BCUT2D eigenvalue weighted by Crippen LogP contribution is 2.41. The Morgan fingerprint density at radius 3 is 2.12 bits per heavy atom. The van der Waals surface area contributed by atoms with Crippen molar-refractivity contribution >= 4 is 23.6 Å². The second kappa shape index (κ2) is 12.8. The zero-order valence-electron chi connectivity index (χ0n) is 25.5. The van der Waals surface area contributed by atoms with Crippen LogP contribution in [0.1, 0.15) is 62.4 Å². The van der Waals surface area contributed by atoms with Crippen molar-refractivity contribution in [1.29, 1.82) is 0 Å². The van der Waals surface area contributed by atoms with Crippen molar-refractivity contribution in [2.24, 2.45) is 5.92 Å². The van der Waals surface area contributed by atoms with Gasteiger partial charge < -0.3 is 30.5 Å². The minimum atomic E-state index is -1.10. The molecule has 0 aliphatic heterocycles. The van der Waals surface area contributed by atoms with Gasteiger partial charge in [-0.05, 0) is 93.5 Å². The molecule has 4 N–H and O–H groups in total. The molecule has 1 aliphatic rings. The van der Waals surface area contributed by atoms with E-state index in [1.807, 2.05) is 39.0 Å². The standard InChI is InChI=1S/C34H41N3O6/c1-20-9-7-10-21(2)29(20)36-31(40)30(24-11-8-12-26(39)19-24)37(28-17-22(28)3)32(41)27(35-33(42)43-34(4,5)6)18-23-13-15-25(38)16-14-23/h7-16,19,22,27-28,30,38-39H,17-18H2,1-6H3,(H,35,42)(H,36,40).